The van der Waals surface area contributed by atoms with Crippen molar-refractivity contribution in [1.82, 2.24) is 4.98 Å². The number of benzene rings is 1. The fourth-order valence-electron chi connectivity index (χ4n) is 1.36. The van der Waals surface area contributed by atoms with E-state index in [1.807, 2.05) is 0 Å². The fraction of sp³-hybridized carbons (Fsp3) is 0. The maximum atomic E-state index is 13.0. The van der Waals surface area contributed by atoms with Crippen LogP contribution in [0.2, 0.25) is 0 Å². The van der Waals surface area contributed by atoms with Gasteiger partial charge in [0.15, 0.2) is 5.69 Å². The molecule has 92 valence electrons. The summed E-state index contributed by atoms with van der Waals surface area (Å²) in [6.07, 6.45) is 0. The molecule has 2 N–H and O–H groups in total. The van der Waals surface area contributed by atoms with Crippen molar-refractivity contribution in [2.75, 3.05) is 0 Å². The summed E-state index contributed by atoms with van der Waals surface area (Å²) in [4.78, 5) is 25.1. The Bertz CT molecular complexity index is 606. The summed E-state index contributed by atoms with van der Waals surface area (Å²) < 4.78 is 13.0. The molecular weight excluding hydrogens is 261 g/mol. The molecule has 7 heteroatoms. The summed E-state index contributed by atoms with van der Waals surface area (Å²) in [5.41, 5.74) is -0.193. The van der Waals surface area contributed by atoms with Gasteiger partial charge in [-0.25, -0.2) is 19.0 Å². The van der Waals surface area contributed by atoms with Gasteiger partial charge < -0.3 is 10.2 Å². The van der Waals surface area contributed by atoms with Gasteiger partial charge in [-0.15, -0.1) is 11.3 Å². The highest BCUT2D eigenvalue weighted by Gasteiger charge is 2.23. The van der Waals surface area contributed by atoms with Gasteiger partial charge in [-0.3, -0.25) is 0 Å². The quantitative estimate of drug-likeness (QED) is 0.891. The first-order chi connectivity index (χ1) is 8.49. The summed E-state index contributed by atoms with van der Waals surface area (Å²) >= 11 is 0.700. The van der Waals surface area contributed by atoms with E-state index in [2.05, 4.69) is 4.98 Å². The number of hydrogen-bond donors (Lipinski definition) is 2. The molecule has 0 spiro atoms. The number of thiazole rings is 1. The van der Waals surface area contributed by atoms with Crippen molar-refractivity contribution in [3.63, 3.8) is 0 Å². The lowest BCUT2D eigenvalue weighted by Crippen LogP contribution is -2.05. The Labute approximate surface area is 104 Å². The molecule has 0 unspecified atom stereocenters. The van der Waals surface area contributed by atoms with Gasteiger partial charge in [0.2, 0.25) is 0 Å². The monoisotopic (exact) mass is 267 g/mol. The van der Waals surface area contributed by atoms with Crippen molar-refractivity contribution in [2.45, 2.75) is 0 Å². The maximum absolute atomic E-state index is 13.0. The van der Waals surface area contributed by atoms with E-state index in [0.29, 0.717) is 16.9 Å². The highest BCUT2D eigenvalue weighted by Crippen LogP contribution is 2.28. The lowest BCUT2D eigenvalue weighted by Gasteiger charge is -1.94. The van der Waals surface area contributed by atoms with Gasteiger partial charge in [0.05, 0.1) is 0 Å². The van der Waals surface area contributed by atoms with E-state index in [1.54, 1.807) is 0 Å². The summed E-state index contributed by atoms with van der Waals surface area (Å²) in [5.74, 6) is -3.30. The lowest BCUT2D eigenvalue weighted by atomic mass is 10.2. The number of carbonyl (C=O) groups is 2. The Morgan fingerprint density at radius 1 is 1.22 bits per heavy atom. The van der Waals surface area contributed by atoms with Crippen molar-refractivity contribution in [1.29, 1.82) is 0 Å². The van der Waals surface area contributed by atoms with E-state index in [9.17, 15) is 14.0 Å². The van der Waals surface area contributed by atoms with Crippen LogP contribution >= 0.6 is 11.3 Å². The van der Waals surface area contributed by atoms with Gasteiger partial charge in [-0.1, -0.05) is 12.1 Å². The van der Waals surface area contributed by atoms with E-state index >= 15 is 0 Å². The summed E-state index contributed by atoms with van der Waals surface area (Å²) in [7, 11) is 0. The van der Waals surface area contributed by atoms with E-state index in [-0.39, 0.29) is 9.88 Å². The molecule has 0 radical (unpaired) electrons. The molecule has 18 heavy (non-hydrogen) atoms. The Morgan fingerprint density at radius 2 is 1.94 bits per heavy atom. The first-order valence-corrected chi connectivity index (χ1v) is 5.54. The van der Waals surface area contributed by atoms with E-state index in [4.69, 9.17) is 10.2 Å². The van der Waals surface area contributed by atoms with Crippen LogP contribution in [0.15, 0.2) is 24.3 Å². The van der Waals surface area contributed by atoms with Crippen molar-refractivity contribution in [2.24, 2.45) is 0 Å². The highest BCUT2D eigenvalue weighted by atomic mass is 32.1. The Morgan fingerprint density at radius 3 is 2.44 bits per heavy atom. The van der Waals surface area contributed by atoms with Gasteiger partial charge >= 0.3 is 11.9 Å². The van der Waals surface area contributed by atoms with Gasteiger partial charge in [0.25, 0.3) is 0 Å². The molecule has 0 saturated heterocycles. The maximum Gasteiger partial charge on any atom is 0.356 e. The van der Waals surface area contributed by atoms with Crippen molar-refractivity contribution in [3.05, 3.63) is 40.7 Å². The molecule has 0 aliphatic carbocycles. The third kappa shape index (κ3) is 2.21. The standard InChI is InChI=1S/C11H6FNO4S/c12-6-3-1-2-5(4-6)9-13-7(10(14)15)8(18-9)11(16)17/h1-4H,(H,14,15)(H,16,17). The fourth-order valence-corrected chi connectivity index (χ4v) is 2.25. The number of aromatic nitrogens is 1. The van der Waals surface area contributed by atoms with Gasteiger partial charge in [0.1, 0.15) is 15.7 Å². The molecule has 2 rings (SSSR count). The minimum atomic E-state index is -1.42. The largest absolute Gasteiger partial charge is 0.477 e. The molecule has 0 aliphatic heterocycles. The molecule has 0 aliphatic rings. The van der Waals surface area contributed by atoms with E-state index in [1.165, 1.54) is 18.2 Å². The number of carboxylic acids is 2. The number of halogens is 1. The molecule has 2 aromatic rings. The molecule has 5 nitrogen and oxygen atoms in total. The van der Waals surface area contributed by atoms with Crippen LogP contribution in [0, 0.1) is 5.82 Å². The summed E-state index contributed by atoms with van der Waals surface area (Å²) in [6.45, 7) is 0. The summed E-state index contributed by atoms with van der Waals surface area (Å²) in [6, 6.07) is 5.36. The van der Waals surface area contributed by atoms with Crippen LogP contribution in [-0.4, -0.2) is 27.1 Å². The second-order valence-corrected chi connectivity index (χ2v) is 4.32. The third-order valence-electron chi connectivity index (χ3n) is 2.10. The van der Waals surface area contributed by atoms with Crippen LogP contribution in [0.25, 0.3) is 10.6 Å². The topological polar surface area (TPSA) is 87.5 Å². The van der Waals surface area contributed by atoms with Crippen molar-refractivity contribution >= 4 is 23.3 Å². The van der Waals surface area contributed by atoms with Crippen LogP contribution in [0.1, 0.15) is 20.2 Å². The smallest absolute Gasteiger partial charge is 0.356 e. The number of carboxylic acid groups (broad SMARTS) is 2. The number of rotatable bonds is 3. The average Bonchev–Trinajstić information content (AvgIpc) is 2.73. The molecular formula is C11H6FNO4S. The second-order valence-electron chi connectivity index (χ2n) is 3.32. The zero-order chi connectivity index (χ0) is 13.3. The van der Waals surface area contributed by atoms with E-state index < -0.39 is 23.4 Å². The van der Waals surface area contributed by atoms with Crippen LogP contribution in [0.3, 0.4) is 0 Å². The lowest BCUT2D eigenvalue weighted by molar-refractivity contribution is 0.0651. The minimum Gasteiger partial charge on any atom is -0.477 e. The predicted molar refractivity (Wildman–Crippen MR) is 61.4 cm³/mol. The second kappa shape index (κ2) is 4.53. The van der Waals surface area contributed by atoms with Gasteiger partial charge in [-0.05, 0) is 12.1 Å². The van der Waals surface area contributed by atoms with Crippen molar-refractivity contribution < 1.29 is 24.2 Å². The highest BCUT2D eigenvalue weighted by molar-refractivity contribution is 7.17. The molecule has 0 atom stereocenters. The Kier molecular flexibility index (Phi) is 3.07. The summed E-state index contributed by atoms with van der Waals surface area (Å²) in [5, 5.41) is 17.9. The Hall–Kier alpha value is -2.28. The van der Waals surface area contributed by atoms with Gasteiger partial charge in [-0.2, -0.15) is 0 Å². The first kappa shape index (κ1) is 12.2. The van der Waals surface area contributed by atoms with Crippen molar-refractivity contribution in [3.8, 4) is 10.6 Å². The first-order valence-electron chi connectivity index (χ1n) is 4.72. The van der Waals surface area contributed by atoms with Crippen LogP contribution in [-0.2, 0) is 0 Å². The Balaban J connectivity index is 2.57. The average molecular weight is 267 g/mol. The molecule has 0 saturated carbocycles. The zero-order valence-electron chi connectivity index (χ0n) is 8.75. The number of hydrogen-bond acceptors (Lipinski definition) is 4. The normalized spacial score (nSPS) is 10.3. The van der Waals surface area contributed by atoms with Crippen LogP contribution in [0.5, 0.6) is 0 Å². The SMILES string of the molecule is O=C(O)c1nc(-c2cccc(F)c2)sc1C(=O)O. The molecule has 1 heterocycles. The molecule has 0 bridgehead atoms. The number of aromatic carboxylic acids is 2. The zero-order valence-corrected chi connectivity index (χ0v) is 9.57. The third-order valence-corrected chi connectivity index (χ3v) is 3.19. The predicted octanol–water partition coefficient (Wildman–Crippen LogP) is 2.35. The van der Waals surface area contributed by atoms with Crippen LogP contribution < -0.4 is 0 Å². The van der Waals surface area contributed by atoms with Crippen LogP contribution in [0.4, 0.5) is 4.39 Å². The molecule has 1 aromatic carbocycles. The molecule has 0 amide bonds. The molecule has 1 aromatic heterocycles. The minimum absolute atomic E-state index is 0.157. The van der Waals surface area contributed by atoms with E-state index in [0.717, 1.165) is 6.07 Å². The number of nitrogens with zero attached hydrogens (tertiary/aromatic N) is 1. The van der Waals surface area contributed by atoms with Gasteiger partial charge in [0, 0.05) is 5.56 Å². The molecule has 0 fully saturated rings.